The Balaban J connectivity index is 1.61. The second kappa shape index (κ2) is 8.83. The van der Waals surface area contributed by atoms with Gasteiger partial charge in [-0.15, -0.1) is 0 Å². The molecule has 7 nitrogen and oxygen atoms in total. The van der Waals surface area contributed by atoms with Gasteiger partial charge in [-0.3, -0.25) is 10.1 Å². The number of hydrogen-bond acceptors (Lipinski definition) is 5. The fraction of sp³-hybridized carbons (Fsp3) is 0.0952. The predicted octanol–water partition coefficient (Wildman–Crippen LogP) is 3.49. The molecular formula is C21H17FN2O5. The number of carbonyl (C=O) groups is 3. The number of fused-ring (bicyclic) bond motifs is 1. The smallest absolute Gasteiger partial charge is 0.339 e. The summed E-state index contributed by atoms with van der Waals surface area (Å²) in [5, 5.41) is 5.49. The standard InChI is InChI=1S/C21H17FN2O5/c1-28-18-11-10-15(13-6-2-3-7-14(13)18)20(26)29-12-19(25)24-21(27)23-17-9-5-4-8-16(17)22/h2-11H,12H2,1H3,(H2,23,24,25,27). The third-order valence-corrected chi connectivity index (χ3v) is 4.03. The molecule has 0 spiro atoms. The quantitative estimate of drug-likeness (QED) is 0.644. The molecule has 3 rings (SSSR count). The zero-order valence-corrected chi connectivity index (χ0v) is 15.4. The van der Waals surface area contributed by atoms with Gasteiger partial charge < -0.3 is 14.8 Å². The maximum atomic E-state index is 13.5. The van der Waals surface area contributed by atoms with E-state index in [1.165, 1.54) is 37.4 Å². The molecule has 29 heavy (non-hydrogen) atoms. The third-order valence-electron chi connectivity index (χ3n) is 4.03. The first-order valence-corrected chi connectivity index (χ1v) is 8.58. The number of anilines is 1. The van der Waals surface area contributed by atoms with Gasteiger partial charge in [-0.1, -0.05) is 36.4 Å². The first-order valence-electron chi connectivity index (χ1n) is 8.58. The molecule has 3 aromatic carbocycles. The van der Waals surface area contributed by atoms with E-state index in [2.05, 4.69) is 5.32 Å². The van der Waals surface area contributed by atoms with Crippen LogP contribution in [0.2, 0.25) is 0 Å². The first kappa shape index (κ1) is 19.8. The third kappa shape index (κ3) is 4.67. The predicted molar refractivity (Wildman–Crippen MR) is 104 cm³/mol. The maximum Gasteiger partial charge on any atom is 0.339 e. The van der Waals surface area contributed by atoms with E-state index in [4.69, 9.17) is 9.47 Å². The number of rotatable bonds is 5. The topological polar surface area (TPSA) is 93.7 Å². The molecule has 8 heteroatoms. The summed E-state index contributed by atoms with van der Waals surface area (Å²) >= 11 is 0. The molecule has 0 saturated carbocycles. The van der Waals surface area contributed by atoms with Crippen molar-refractivity contribution in [2.45, 2.75) is 0 Å². The number of amides is 3. The van der Waals surface area contributed by atoms with Gasteiger partial charge in [0.2, 0.25) is 0 Å². The molecule has 0 atom stereocenters. The molecule has 3 amide bonds. The number of imide groups is 1. The van der Waals surface area contributed by atoms with Gasteiger partial charge in [0.15, 0.2) is 6.61 Å². The summed E-state index contributed by atoms with van der Waals surface area (Å²) in [5.74, 6) is -1.63. The van der Waals surface area contributed by atoms with E-state index in [1.807, 2.05) is 11.4 Å². The van der Waals surface area contributed by atoms with Gasteiger partial charge in [0.05, 0.1) is 18.4 Å². The van der Waals surface area contributed by atoms with Crippen LogP contribution in [0.1, 0.15) is 10.4 Å². The lowest BCUT2D eigenvalue weighted by Crippen LogP contribution is -2.37. The van der Waals surface area contributed by atoms with Crippen molar-refractivity contribution in [1.29, 1.82) is 0 Å². The molecule has 0 heterocycles. The molecule has 0 saturated heterocycles. The van der Waals surface area contributed by atoms with E-state index in [0.717, 1.165) is 5.39 Å². The average Bonchev–Trinajstić information content (AvgIpc) is 2.72. The van der Waals surface area contributed by atoms with E-state index in [0.29, 0.717) is 11.1 Å². The summed E-state index contributed by atoms with van der Waals surface area (Å²) in [6.07, 6.45) is 0. The van der Waals surface area contributed by atoms with Gasteiger partial charge in [-0.2, -0.15) is 0 Å². The van der Waals surface area contributed by atoms with Gasteiger partial charge in [-0.05, 0) is 29.7 Å². The Hall–Kier alpha value is -3.94. The molecule has 0 aromatic heterocycles. The van der Waals surface area contributed by atoms with Crippen LogP contribution in [0.25, 0.3) is 10.8 Å². The van der Waals surface area contributed by atoms with Gasteiger partial charge in [0, 0.05) is 5.39 Å². The maximum absolute atomic E-state index is 13.5. The van der Waals surface area contributed by atoms with Crippen molar-refractivity contribution in [3.8, 4) is 5.75 Å². The van der Waals surface area contributed by atoms with Crippen LogP contribution < -0.4 is 15.4 Å². The number of hydrogen-bond donors (Lipinski definition) is 2. The van der Waals surface area contributed by atoms with Crippen LogP contribution in [0.4, 0.5) is 14.9 Å². The van der Waals surface area contributed by atoms with Crippen molar-refractivity contribution in [3.63, 3.8) is 0 Å². The van der Waals surface area contributed by atoms with Crippen molar-refractivity contribution in [2.24, 2.45) is 0 Å². The van der Waals surface area contributed by atoms with E-state index in [-0.39, 0.29) is 11.3 Å². The zero-order chi connectivity index (χ0) is 20.8. The number of benzene rings is 3. The minimum Gasteiger partial charge on any atom is -0.496 e. The number of methoxy groups -OCH3 is 1. The Morgan fingerprint density at radius 1 is 0.931 bits per heavy atom. The van der Waals surface area contributed by atoms with Crippen LogP contribution in [0, 0.1) is 5.82 Å². The molecule has 0 aliphatic carbocycles. The van der Waals surface area contributed by atoms with Crippen LogP contribution in [-0.4, -0.2) is 31.6 Å². The summed E-state index contributed by atoms with van der Waals surface area (Å²) in [6.45, 7) is -0.677. The molecule has 0 bridgehead atoms. The molecule has 3 aromatic rings. The van der Waals surface area contributed by atoms with Crippen molar-refractivity contribution in [3.05, 3.63) is 72.0 Å². The zero-order valence-electron chi connectivity index (χ0n) is 15.4. The molecule has 0 unspecified atom stereocenters. The number of halogens is 1. The second-order valence-electron chi connectivity index (χ2n) is 5.92. The van der Waals surface area contributed by atoms with Crippen LogP contribution in [0.15, 0.2) is 60.7 Å². The number of esters is 1. The number of ether oxygens (including phenoxy) is 2. The highest BCUT2D eigenvalue weighted by atomic mass is 19.1. The lowest BCUT2D eigenvalue weighted by Gasteiger charge is -2.11. The summed E-state index contributed by atoms with van der Waals surface area (Å²) in [5.41, 5.74) is 0.171. The first-order chi connectivity index (χ1) is 14.0. The van der Waals surface area contributed by atoms with E-state index < -0.39 is 30.3 Å². The largest absolute Gasteiger partial charge is 0.496 e. The van der Waals surface area contributed by atoms with Crippen molar-refractivity contribution < 1.29 is 28.2 Å². The number of urea groups is 1. The number of nitrogens with one attached hydrogen (secondary N) is 2. The second-order valence-corrected chi connectivity index (χ2v) is 5.92. The SMILES string of the molecule is COc1ccc(C(=O)OCC(=O)NC(=O)Nc2ccccc2F)c2ccccc12. The van der Waals surface area contributed by atoms with Crippen LogP contribution >= 0.6 is 0 Å². The Morgan fingerprint density at radius 2 is 1.62 bits per heavy atom. The Morgan fingerprint density at radius 3 is 2.34 bits per heavy atom. The summed E-state index contributed by atoms with van der Waals surface area (Å²) < 4.78 is 23.8. The average molecular weight is 396 g/mol. The highest BCUT2D eigenvalue weighted by Crippen LogP contribution is 2.28. The van der Waals surface area contributed by atoms with Crippen molar-refractivity contribution in [1.82, 2.24) is 5.32 Å². The summed E-state index contributed by atoms with van der Waals surface area (Å²) in [4.78, 5) is 36.0. The molecule has 0 fully saturated rings. The molecular weight excluding hydrogens is 379 g/mol. The summed E-state index contributed by atoms with van der Waals surface area (Å²) in [7, 11) is 1.52. The molecule has 148 valence electrons. The van der Waals surface area contributed by atoms with E-state index >= 15 is 0 Å². The number of carbonyl (C=O) groups excluding carboxylic acids is 3. The summed E-state index contributed by atoms with van der Waals surface area (Å²) in [6, 6.07) is 14.8. The van der Waals surface area contributed by atoms with Gasteiger partial charge in [0.1, 0.15) is 11.6 Å². The fourth-order valence-corrected chi connectivity index (χ4v) is 2.72. The van der Waals surface area contributed by atoms with Crippen molar-refractivity contribution in [2.75, 3.05) is 19.0 Å². The van der Waals surface area contributed by atoms with E-state index in [1.54, 1.807) is 24.3 Å². The van der Waals surface area contributed by atoms with Crippen LogP contribution in [0.5, 0.6) is 5.75 Å². The molecule has 0 aliphatic heterocycles. The van der Waals surface area contributed by atoms with Crippen LogP contribution in [-0.2, 0) is 9.53 Å². The lowest BCUT2D eigenvalue weighted by atomic mass is 10.0. The van der Waals surface area contributed by atoms with E-state index in [9.17, 15) is 18.8 Å². The monoisotopic (exact) mass is 396 g/mol. The van der Waals surface area contributed by atoms with Crippen LogP contribution in [0.3, 0.4) is 0 Å². The normalized spacial score (nSPS) is 10.3. The number of para-hydroxylation sites is 1. The molecule has 0 aliphatic rings. The molecule has 2 N–H and O–H groups in total. The lowest BCUT2D eigenvalue weighted by molar-refractivity contribution is -0.123. The van der Waals surface area contributed by atoms with Gasteiger partial charge in [-0.25, -0.2) is 14.0 Å². The van der Waals surface area contributed by atoms with Crippen molar-refractivity contribution >= 4 is 34.4 Å². The Labute approximate surface area is 165 Å². The Bertz CT molecular complexity index is 1080. The van der Waals surface area contributed by atoms with Gasteiger partial charge >= 0.3 is 12.0 Å². The fourth-order valence-electron chi connectivity index (χ4n) is 2.72. The minimum absolute atomic E-state index is 0.0838. The Kier molecular flexibility index (Phi) is 6.03. The highest BCUT2D eigenvalue weighted by Gasteiger charge is 2.16. The minimum atomic E-state index is -0.939. The van der Waals surface area contributed by atoms with Gasteiger partial charge in [0.25, 0.3) is 5.91 Å². The highest BCUT2D eigenvalue weighted by molar-refractivity contribution is 6.07. The molecule has 0 radical (unpaired) electrons.